The quantitative estimate of drug-likeness (QED) is 0.918. The minimum absolute atomic E-state index is 0.627. The highest BCUT2D eigenvalue weighted by molar-refractivity contribution is 9.10. The molecule has 92 valence electrons. The fraction of sp³-hybridized carbons (Fsp3) is 0.462. The first-order valence-corrected chi connectivity index (χ1v) is 6.73. The minimum Gasteiger partial charge on any atom is -0.441 e. The van der Waals surface area contributed by atoms with Crippen LogP contribution >= 0.6 is 15.9 Å². The Morgan fingerprint density at radius 2 is 2.24 bits per heavy atom. The molecule has 4 heteroatoms. The van der Waals surface area contributed by atoms with E-state index in [1.807, 2.05) is 18.2 Å². The van der Waals surface area contributed by atoms with Crippen molar-refractivity contribution in [2.45, 2.75) is 26.2 Å². The van der Waals surface area contributed by atoms with E-state index < -0.39 is 0 Å². The van der Waals surface area contributed by atoms with E-state index >= 15 is 0 Å². The lowest BCUT2D eigenvalue weighted by molar-refractivity contribution is 0.451. The van der Waals surface area contributed by atoms with Gasteiger partial charge in [-0.3, -0.25) is 0 Å². The number of rotatable bonds is 5. The SMILES string of the molecule is CC(CCN)CCc1nc2cc(Br)ccc2o1. The first-order valence-electron chi connectivity index (χ1n) is 5.94. The minimum atomic E-state index is 0.627. The molecule has 0 saturated carbocycles. The molecule has 2 rings (SSSR count). The van der Waals surface area contributed by atoms with Crippen LogP contribution in [0.3, 0.4) is 0 Å². The summed E-state index contributed by atoms with van der Waals surface area (Å²) in [6, 6.07) is 5.89. The van der Waals surface area contributed by atoms with Crippen molar-refractivity contribution in [2.24, 2.45) is 11.7 Å². The summed E-state index contributed by atoms with van der Waals surface area (Å²) in [5.74, 6) is 1.45. The average molecular weight is 297 g/mol. The Morgan fingerprint density at radius 3 is 3.00 bits per heavy atom. The van der Waals surface area contributed by atoms with E-state index in [4.69, 9.17) is 10.2 Å². The Bertz CT molecular complexity index is 495. The van der Waals surface area contributed by atoms with Gasteiger partial charge in [0.2, 0.25) is 0 Å². The zero-order valence-corrected chi connectivity index (χ0v) is 11.5. The molecule has 0 aliphatic heterocycles. The van der Waals surface area contributed by atoms with E-state index in [1.165, 1.54) is 0 Å². The molecule has 17 heavy (non-hydrogen) atoms. The lowest BCUT2D eigenvalue weighted by Gasteiger charge is -2.06. The molecule has 1 aromatic heterocycles. The topological polar surface area (TPSA) is 52.0 Å². The average Bonchev–Trinajstić information content (AvgIpc) is 2.68. The van der Waals surface area contributed by atoms with Crippen molar-refractivity contribution in [1.29, 1.82) is 0 Å². The van der Waals surface area contributed by atoms with E-state index in [0.717, 1.165) is 47.3 Å². The molecular weight excluding hydrogens is 280 g/mol. The van der Waals surface area contributed by atoms with E-state index in [9.17, 15) is 0 Å². The summed E-state index contributed by atoms with van der Waals surface area (Å²) < 4.78 is 6.72. The van der Waals surface area contributed by atoms with Gasteiger partial charge in [-0.1, -0.05) is 22.9 Å². The molecule has 0 spiro atoms. The van der Waals surface area contributed by atoms with Crippen molar-refractivity contribution in [2.75, 3.05) is 6.54 Å². The smallest absolute Gasteiger partial charge is 0.195 e. The van der Waals surface area contributed by atoms with Crippen LogP contribution in [-0.2, 0) is 6.42 Å². The lowest BCUT2D eigenvalue weighted by Crippen LogP contribution is -2.06. The predicted molar refractivity (Wildman–Crippen MR) is 72.9 cm³/mol. The van der Waals surface area contributed by atoms with Crippen LogP contribution in [0.5, 0.6) is 0 Å². The van der Waals surface area contributed by atoms with Crippen LogP contribution in [0.1, 0.15) is 25.7 Å². The first kappa shape index (κ1) is 12.6. The van der Waals surface area contributed by atoms with Crippen molar-refractivity contribution >= 4 is 27.0 Å². The van der Waals surface area contributed by atoms with Gasteiger partial charge in [0.05, 0.1) is 0 Å². The molecule has 0 bridgehead atoms. The zero-order valence-electron chi connectivity index (χ0n) is 9.95. The maximum absolute atomic E-state index is 5.69. The Kier molecular flexibility index (Phi) is 4.18. The number of nitrogens with two attached hydrogens (primary N) is 1. The Hall–Kier alpha value is -0.870. The van der Waals surface area contributed by atoms with E-state index in [1.54, 1.807) is 0 Å². The second-order valence-corrected chi connectivity index (χ2v) is 5.36. The maximum atomic E-state index is 5.69. The van der Waals surface area contributed by atoms with Crippen LogP contribution in [0.15, 0.2) is 27.1 Å². The lowest BCUT2D eigenvalue weighted by atomic mass is 10.0. The number of fused-ring (bicyclic) bond motifs is 1. The largest absolute Gasteiger partial charge is 0.441 e. The van der Waals surface area contributed by atoms with Crippen molar-refractivity contribution < 1.29 is 4.42 Å². The predicted octanol–water partition coefficient (Wildman–Crippen LogP) is 3.51. The molecule has 2 N–H and O–H groups in total. The van der Waals surface area contributed by atoms with Gasteiger partial charge in [0.1, 0.15) is 5.52 Å². The number of hydrogen-bond donors (Lipinski definition) is 1. The zero-order chi connectivity index (χ0) is 12.3. The summed E-state index contributed by atoms with van der Waals surface area (Å²) in [5.41, 5.74) is 7.31. The van der Waals surface area contributed by atoms with Crippen molar-refractivity contribution in [3.8, 4) is 0 Å². The monoisotopic (exact) mass is 296 g/mol. The van der Waals surface area contributed by atoms with E-state index in [-0.39, 0.29) is 0 Å². The van der Waals surface area contributed by atoms with Crippen LogP contribution in [0.4, 0.5) is 0 Å². The highest BCUT2D eigenvalue weighted by Crippen LogP contribution is 2.21. The van der Waals surface area contributed by atoms with Gasteiger partial charge in [-0.2, -0.15) is 0 Å². The second kappa shape index (κ2) is 5.65. The van der Waals surface area contributed by atoms with Crippen molar-refractivity contribution in [3.05, 3.63) is 28.6 Å². The third-order valence-electron chi connectivity index (χ3n) is 2.90. The number of halogens is 1. The standard InChI is InChI=1S/C13H17BrN2O/c1-9(6-7-15)2-5-13-16-11-8-10(14)3-4-12(11)17-13/h3-4,8-9H,2,5-7,15H2,1H3. The summed E-state index contributed by atoms with van der Waals surface area (Å²) in [5, 5.41) is 0. The number of benzene rings is 1. The number of nitrogens with zero attached hydrogens (tertiary/aromatic N) is 1. The Morgan fingerprint density at radius 1 is 1.41 bits per heavy atom. The molecule has 0 aliphatic carbocycles. The molecule has 1 heterocycles. The first-order chi connectivity index (χ1) is 8.19. The summed E-state index contributed by atoms with van der Waals surface area (Å²) in [4.78, 5) is 4.48. The Balaban J connectivity index is 2.04. The highest BCUT2D eigenvalue weighted by Gasteiger charge is 2.08. The van der Waals surface area contributed by atoms with Gasteiger partial charge >= 0.3 is 0 Å². The van der Waals surface area contributed by atoms with E-state index in [2.05, 4.69) is 27.8 Å². The maximum Gasteiger partial charge on any atom is 0.195 e. The van der Waals surface area contributed by atoms with Gasteiger partial charge in [0.15, 0.2) is 11.5 Å². The molecule has 0 amide bonds. The number of oxazole rings is 1. The second-order valence-electron chi connectivity index (χ2n) is 4.44. The van der Waals surface area contributed by atoms with Crippen LogP contribution in [0.25, 0.3) is 11.1 Å². The number of aryl methyl sites for hydroxylation is 1. The fourth-order valence-electron chi connectivity index (χ4n) is 1.85. The van der Waals surface area contributed by atoms with Crippen LogP contribution < -0.4 is 5.73 Å². The molecule has 3 nitrogen and oxygen atoms in total. The van der Waals surface area contributed by atoms with Gasteiger partial charge in [0.25, 0.3) is 0 Å². The van der Waals surface area contributed by atoms with E-state index in [0.29, 0.717) is 5.92 Å². The molecule has 2 aromatic rings. The molecule has 0 saturated heterocycles. The number of aromatic nitrogens is 1. The summed E-state index contributed by atoms with van der Waals surface area (Å²) in [6.45, 7) is 2.97. The van der Waals surface area contributed by atoms with Gasteiger partial charge in [-0.15, -0.1) is 0 Å². The van der Waals surface area contributed by atoms with Crippen molar-refractivity contribution in [1.82, 2.24) is 4.98 Å². The molecule has 0 radical (unpaired) electrons. The molecule has 0 fully saturated rings. The highest BCUT2D eigenvalue weighted by atomic mass is 79.9. The van der Waals surface area contributed by atoms with Gasteiger partial charge < -0.3 is 10.2 Å². The third-order valence-corrected chi connectivity index (χ3v) is 3.40. The summed E-state index contributed by atoms with van der Waals surface area (Å²) in [6.07, 6.45) is 3.02. The van der Waals surface area contributed by atoms with Crippen LogP contribution in [0.2, 0.25) is 0 Å². The molecule has 1 atom stereocenters. The number of hydrogen-bond acceptors (Lipinski definition) is 3. The molecule has 0 aliphatic rings. The van der Waals surface area contributed by atoms with Crippen LogP contribution in [-0.4, -0.2) is 11.5 Å². The third kappa shape index (κ3) is 3.30. The normalized spacial score (nSPS) is 13.1. The fourth-order valence-corrected chi connectivity index (χ4v) is 2.20. The Labute approximate surface area is 110 Å². The van der Waals surface area contributed by atoms with Crippen molar-refractivity contribution in [3.63, 3.8) is 0 Å². The molecular formula is C13H17BrN2O. The van der Waals surface area contributed by atoms with Gasteiger partial charge in [-0.05, 0) is 43.5 Å². The molecule has 1 unspecified atom stereocenters. The van der Waals surface area contributed by atoms with Gasteiger partial charge in [-0.25, -0.2) is 4.98 Å². The van der Waals surface area contributed by atoms with Crippen LogP contribution in [0, 0.1) is 5.92 Å². The molecule has 1 aromatic carbocycles. The summed E-state index contributed by atoms with van der Waals surface area (Å²) >= 11 is 3.43. The summed E-state index contributed by atoms with van der Waals surface area (Å²) in [7, 11) is 0. The van der Waals surface area contributed by atoms with Gasteiger partial charge in [0, 0.05) is 10.9 Å².